The standard InChI is InChI=1S/C40H24O2/c1-2-9-25(10-3-1)26-17-19-27(20-18-26)38-29-11-4-6-13-31(29)39(32-14-7-5-12-30(32)38)34-16-8-15-33-35-24-36-28(21-22-41-36)23-37(35)42-40(33)34/h1-24H. The molecule has 0 aliphatic rings. The van der Waals surface area contributed by atoms with E-state index >= 15 is 0 Å². The molecule has 0 saturated heterocycles. The molecule has 0 aliphatic carbocycles. The Bertz CT molecular complexity index is 2380. The number of hydrogen-bond donors (Lipinski definition) is 0. The van der Waals surface area contributed by atoms with E-state index in [1.807, 2.05) is 6.07 Å². The second-order valence-electron chi connectivity index (χ2n) is 10.9. The summed E-state index contributed by atoms with van der Waals surface area (Å²) in [7, 11) is 0. The summed E-state index contributed by atoms with van der Waals surface area (Å²) < 4.78 is 12.4. The van der Waals surface area contributed by atoms with E-state index in [1.54, 1.807) is 6.26 Å². The SMILES string of the molecule is c1ccc(-c2ccc(-c3c4ccccc4c(-c4cccc5c4oc4cc6ccoc6cc45)c4ccccc34)cc2)cc1. The molecule has 2 heteroatoms. The van der Waals surface area contributed by atoms with Crippen LogP contribution in [-0.2, 0) is 0 Å². The van der Waals surface area contributed by atoms with E-state index < -0.39 is 0 Å². The van der Waals surface area contributed by atoms with Crippen molar-refractivity contribution in [2.45, 2.75) is 0 Å². The summed E-state index contributed by atoms with van der Waals surface area (Å²) in [6.45, 7) is 0. The van der Waals surface area contributed by atoms with Crippen molar-refractivity contribution in [3.63, 3.8) is 0 Å². The minimum Gasteiger partial charge on any atom is -0.464 e. The van der Waals surface area contributed by atoms with Gasteiger partial charge < -0.3 is 8.83 Å². The van der Waals surface area contributed by atoms with Crippen LogP contribution in [0.15, 0.2) is 155 Å². The fourth-order valence-corrected chi connectivity index (χ4v) is 6.64. The van der Waals surface area contributed by atoms with Gasteiger partial charge in [0.05, 0.1) is 6.26 Å². The Hall–Kier alpha value is -5.60. The van der Waals surface area contributed by atoms with E-state index in [9.17, 15) is 0 Å². The molecule has 0 amide bonds. The van der Waals surface area contributed by atoms with Gasteiger partial charge in [-0.1, -0.05) is 121 Å². The predicted molar refractivity (Wildman–Crippen MR) is 175 cm³/mol. The Morgan fingerprint density at radius 2 is 0.976 bits per heavy atom. The fourth-order valence-electron chi connectivity index (χ4n) is 6.64. The third-order valence-electron chi connectivity index (χ3n) is 8.55. The van der Waals surface area contributed by atoms with Crippen LogP contribution in [0.5, 0.6) is 0 Å². The quantitative estimate of drug-likeness (QED) is 0.210. The second-order valence-corrected chi connectivity index (χ2v) is 10.9. The highest BCUT2D eigenvalue weighted by molar-refractivity contribution is 6.24. The largest absolute Gasteiger partial charge is 0.464 e. The molecule has 7 aromatic carbocycles. The zero-order valence-electron chi connectivity index (χ0n) is 22.7. The molecule has 0 unspecified atom stereocenters. The second kappa shape index (κ2) is 8.95. The molecule has 0 N–H and O–H groups in total. The number of furan rings is 2. The van der Waals surface area contributed by atoms with Crippen LogP contribution >= 0.6 is 0 Å². The van der Waals surface area contributed by atoms with E-state index in [2.05, 4.69) is 133 Å². The first-order valence-electron chi connectivity index (χ1n) is 14.3. The van der Waals surface area contributed by atoms with Gasteiger partial charge in [-0.15, -0.1) is 0 Å². The molecule has 0 saturated carbocycles. The third-order valence-corrected chi connectivity index (χ3v) is 8.55. The van der Waals surface area contributed by atoms with Crippen molar-refractivity contribution in [2.75, 3.05) is 0 Å². The number of rotatable bonds is 3. The van der Waals surface area contributed by atoms with E-state index in [0.717, 1.165) is 38.5 Å². The molecule has 0 radical (unpaired) electrons. The van der Waals surface area contributed by atoms with Gasteiger partial charge in [0.2, 0.25) is 0 Å². The van der Waals surface area contributed by atoms with Gasteiger partial charge >= 0.3 is 0 Å². The average Bonchev–Trinajstić information content (AvgIpc) is 3.67. The van der Waals surface area contributed by atoms with Crippen LogP contribution in [0.1, 0.15) is 0 Å². The molecule has 2 nitrogen and oxygen atoms in total. The van der Waals surface area contributed by atoms with Crippen molar-refractivity contribution in [3.8, 4) is 33.4 Å². The van der Waals surface area contributed by atoms with Gasteiger partial charge in [-0.25, -0.2) is 0 Å². The normalized spacial score (nSPS) is 11.8. The minimum absolute atomic E-state index is 0.870. The fraction of sp³-hybridized carbons (Fsp3) is 0. The van der Waals surface area contributed by atoms with Crippen LogP contribution < -0.4 is 0 Å². The first kappa shape index (κ1) is 23.1. The van der Waals surface area contributed by atoms with Crippen LogP contribution in [0.4, 0.5) is 0 Å². The van der Waals surface area contributed by atoms with Gasteiger partial charge in [0.1, 0.15) is 16.7 Å². The highest BCUT2D eigenvalue weighted by Crippen LogP contribution is 2.46. The molecule has 0 bridgehead atoms. The lowest BCUT2D eigenvalue weighted by molar-refractivity contribution is 0.616. The van der Waals surface area contributed by atoms with E-state index in [1.165, 1.54) is 49.4 Å². The first-order valence-corrected chi connectivity index (χ1v) is 14.3. The smallest absolute Gasteiger partial charge is 0.143 e. The Morgan fingerprint density at radius 3 is 1.69 bits per heavy atom. The maximum Gasteiger partial charge on any atom is 0.143 e. The highest BCUT2D eigenvalue weighted by Gasteiger charge is 2.20. The van der Waals surface area contributed by atoms with E-state index in [-0.39, 0.29) is 0 Å². The van der Waals surface area contributed by atoms with Crippen LogP contribution in [0.2, 0.25) is 0 Å². The number of benzene rings is 7. The lowest BCUT2D eigenvalue weighted by Crippen LogP contribution is -1.91. The maximum absolute atomic E-state index is 6.64. The maximum atomic E-state index is 6.64. The number of hydrogen-bond acceptors (Lipinski definition) is 2. The zero-order valence-corrected chi connectivity index (χ0v) is 22.7. The minimum atomic E-state index is 0.870. The molecule has 42 heavy (non-hydrogen) atoms. The van der Waals surface area contributed by atoms with Gasteiger partial charge in [-0.3, -0.25) is 0 Å². The molecule has 9 rings (SSSR count). The van der Waals surface area contributed by atoms with Crippen LogP contribution in [0.3, 0.4) is 0 Å². The summed E-state index contributed by atoms with van der Waals surface area (Å²) in [5, 5.41) is 8.07. The number of para-hydroxylation sites is 1. The molecular formula is C40H24O2. The molecule has 2 aromatic heterocycles. The van der Waals surface area contributed by atoms with Crippen molar-refractivity contribution < 1.29 is 8.83 Å². The van der Waals surface area contributed by atoms with Gasteiger partial charge in [-0.2, -0.15) is 0 Å². The molecule has 2 heterocycles. The molecule has 0 fully saturated rings. The van der Waals surface area contributed by atoms with Crippen molar-refractivity contribution >= 4 is 54.5 Å². The Balaban J connectivity index is 1.33. The Kier molecular flexibility index (Phi) is 4.93. The van der Waals surface area contributed by atoms with E-state index in [4.69, 9.17) is 8.83 Å². The van der Waals surface area contributed by atoms with E-state index in [0.29, 0.717) is 0 Å². The summed E-state index contributed by atoms with van der Waals surface area (Å²) in [5.41, 5.74) is 9.83. The van der Waals surface area contributed by atoms with Crippen LogP contribution in [-0.4, -0.2) is 0 Å². The Labute approximate surface area is 242 Å². The Morgan fingerprint density at radius 1 is 0.381 bits per heavy atom. The molecular weight excluding hydrogens is 512 g/mol. The molecule has 9 aromatic rings. The van der Waals surface area contributed by atoms with Crippen molar-refractivity contribution in [1.82, 2.24) is 0 Å². The summed E-state index contributed by atoms with van der Waals surface area (Å²) in [4.78, 5) is 0. The van der Waals surface area contributed by atoms with Gasteiger partial charge in [0.25, 0.3) is 0 Å². The molecule has 0 aliphatic heterocycles. The summed E-state index contributed by atoms with van der Waals surface area (Å²) in [5.74, 6) is 0. The zero-order chi connectivity index (χ0) is 27.6. The lowest BCUT2D eigenvalue weighted by atomic mass is 9.85. The summed E-state index contributed by atoms with van der Waals surface area (Å²) in [6.07, 6.45) is 1.73. The van der Waals surface area contributed by atoms with Gasteiger partial charge in [0, 0.05) is 27.3 Å². The van der Waals surface area contributed by atoms with Crippen molar-refractivity contribution in [3.05, 3.63) is 146 Å². The van der Waals surface area contributed by atoms with Crippen molar-refractivity contribution in [2.24, 2.45) is 0 Å². The van der Waals surface area contributed by atoms with Crippen LogP contribution in [0.25, 0.3) is 87.8 Å². The average molecular weight is 537 g/mol. The van der Waals surface area contributed by atoms with Crippen molar-refractivity contribution in [1.29, 1.82) is 0 Å². The monoisotopic (exact) mass is 536 g/mol. The molecule has 196 valence electrons. The number of fused-ring (bicyclic) bond motifs is 6. The summed E-state index contributed by atoms with van der Waals surface area (Å²) >= 11 is 0. The topological polar surface area (TPSA) is 26.3 Å². The first-order chi connectivity index (χ1) is 20.8. The van der Waals surface area contributed by atoms with Crippen LogP contribution in [0, 0.1) is 0 Å². The highest BCUT2D eigenvalue weighted by atomic mass is 16.3. The van der Waals surface area contributed by atoms with Gasteiger partial charge in [-0.05, 0) is 62.0 Å². The third kappa shape index (κ3) is 3.39. The van der Waals surface area contributed by atoms with Gasteiger partial charge in [0.15, 0.2) is 0 Å². The predicted octanol–water partition coefficient (Wildman–Crippen LogP) is 11.6. The molecule has 0 spiro atoms. The molecule has 0 atom stereocenters. The lowest BCUT2D eigenvalue weighted by Gasteiger charge is -2.18. The summed E-state index contributed by atoms with van der Waals surface area (Å²) in [6, 6.07) is 49.7.